The van der Waals surface area contributed by atoms with Gasteiger partial charge in [-0.2, -0.15) is 0 Å². The molecule has 76 valence electrons. The van der Waals surface area contributed by atoms with Crippen molar-refractivity contribution in [2.75, 3.05) is 7.11 Å². The van der Waals surface area contributed by atoms with E-state index in [1.807, 2.05) is 18.5 Å². The number of methoxy groups -OCH3 is 1. The van der Waals surface area contributed by atoms with E-state index in [-0.39, 0.29) is 12.0 Å². The second-order valence-corrected chi connectivity index (χ2v) is 3.77. The SMILES string of the molecule is COC(=O)C1(C(N)c2cc[nH]c2)CC1. The Morgan fingerprint density at radius 1 is 1.71 bits per heavy atom. The van der Waals surface area contributed by atoms with Crippen LogP contribution in [0.3, 0.4) is 0 Å². The van der Waals surface area contributed by atoms with Gasteiger partial charge in [0, 0.05) is 18.4 Å². The average Bonchev–Trinajstić information content (AvgIpc) is 2.84. The van der Waals surface area contributed by atoms with Crippen LogP contribution in [0.1, 0.15) is 24.4 Å². The molecule has 2 rings (SSSR count). The van der Waals surface area contributed by atoms with E-state index in [0.29, 0.717) is 0 Å². The van der Waals surface area contributed by atoms with Crippen LogP contribution in [-0.4, -0.2) is 18.1 Å². The number of carbonyl (C=O) groups is 1. The van der Waals surface area contributed by atoms with Crippen LogP contribution in [0.2, 0.25) is 0 Å². The molecule has 1 unspecified atom stereocenters. The van der Waals surface area contributed by atoms with Gasteiger partial charge in [0.25, 0.3) is 0 Å². The molecule has 1 fully saturated rings. The Labute approximate surface area is 82.4 Å². The third-order valence-electron chi connectivity index (χ3n) is 2.96. The number of rotatable bonds is 3. The van der Waals surface area contributed by atoms with Gasteiger partial charge < -0.3 is 15.5 Å². The molecule has 4 heteroatoms. The van der Waals surface area contributed by atoms with E-state index >= 15 is 0 Å². The Morgan fingerprint density at radius 2 is 2.43 bits per heavy atom. The molecule has 1 atom stereocenters. The van der Waals surface area contributed by atoms with Gasteiger partial charge in [0.05, 0.1) is 12.5 Å². The zero-order chi connectivity index (χ0) is 10.2. The number of aromatic amines is 1. The lowest BCUT2D eigenvalue weighted by atomic mass is 9.92. The standard InChI is InChI=1S/C10H14N2O2/c1-14-9(13)10(3-4-10)8(11)7-2-5-12-6-7/h2,5-6,8,12H,3-4,11H2,1H3. The minimum absolute atomic E-state index is 0.189. The van der Waals surface area contributed by atoms with Crippen molar-refractivity contribution in [2.24, 2.45) is 11.1 Å². The maximum atomic E-state index is 11.5. The fourth-order valence-corrected chi connectivity index (χ4v) is 1.83. The van der Waals surface area contributed by atoms with E-state index in [0.717, 1.165) is 18.4 Å². The summed E-state index contributed by atoms with van der Waals surface area (Å²) in [5.41, 5.74) is 6.54. The van der Waals surface area contributed by atoms with Gasteiger partial charge >= 0.3 is 5.97 Å². The van der Waals surface area contributed by atoms with Gasteiger partial charge in [-0.1, -0.05) is 0 Å². The molecule has 0 amide bonds. The lowest BCUT2D eigenvalue weighted by Crippen LogP contribution is -2.30. The molecule has 1 heterocycles. The van der Waals surface area contributed by atoms with Crippen molar-refractivity contribution in [3.05, 3.63) is 24.0 Å². The van der Waals surface area contributed by atoms with Crippen LogP contribution < -0.4 is 5.73 Å². The molecule has 1 aliphatic rings. The number of H-pyrrole nitrogens is 1. The second kappa shape index (κ2) is 3.13. The summed E-state index contributed by atoms with van der Waals surface area (Å²) in [5, 5.41) is 0. The van der Waals surface area contributed by atoms with Gasteiger partial charge in [0.15, 0.2) is 0 Å². The van der Waals surface area contributed by atoms with E-state index in [1.54, 1.807) is 0 Å². The number of nitrogens with one attached hydrogen (secondary N) is 1. The molecule has 4 nitrogen and oxygen atoms in total. The minimum Gasteiger partial charge on any atom is -0.469 e. The molecule has 3 N–H and O–H groups in total. The van der Waals surface area contributed by atoms with Crippen molar-refractivity contribution in [1.82, 2.24) is 4.98 Å². The molecule has 0 spiro atoms. The number of esters is 1. The average molecular weight is 194 g/mol. The fourth-order valence-electron chi connectivity index (χ4n) is 1.83. The van der Waals surface area contributed by atoms with Gasteiger partial charge in [0.2, 0.25) is 0 Å². The van der Waals surface area contributed by atoms with Gasteiger partial charge in [-0.3, -0.25) is 4.79 Å². The van der Waals surface area contributed by atoms with Gasteiger partial charge in [-0.05, 0) is 24.5 Å². The van der Waals surface area contributed by atoms with Crippen molar-refractivity contribution in [1.29, 1.82) is 0 Å². The molecule has 0 saturated heterocycles. The van der Waals surface area contributed by atoms with E-state index < -0.39 is 5.41 Å². The molecule has 14 heavy (non-hydrogen) atoms. The van der Waals surface area contributed by atoms with Crippen molar-refractivity contribution in [3.8, 4) is 0 Å². The monoisotopic (exact) mass is 194 g/mol. The predicted octanol–water partition coefficient (Wildman–Crippen LogP) is 0.968. The second-order valence-electron chi connectivity index (χ2n) is 3.77. The molecule has 1 saturated carbocycles. The van der Waals surface area contributed by atoms with Crippen molar-refractivity contribution in [3.63, 3.8) is 0 Å². The van der Waals surface area contributed by atoms with Gasteiger partial charge in [-0.25, -0.2) is 0 Å². The first-order chi connectivity index (χ1) is 6.70. The molecule has 0 bridgehead atoms. The largest absolute Gasteiger partial charge is 0.469 e. The lowest BCUT2D eigenvalue weighted by molar-refractivity contribution is -0.148. The van der Waals surface area contributed by atoms with Crippen molar-refractivity contribution < 1.29 is 9.53 Å². The third-order valence-corrected chi connectivity index (χ3v) is 2.96. The summed E-state index contributed by atoms with van der Waals surface area (Å²) in [5.74, 6) is -0.189. The first-order valence-electron chi connectivity index (χ1n) is 4.67. The zero-order valence-electron chi connectivity index (χ0n) is 8.12. The number of aromatic nitrogens is 1. The molecular weight excluding hydrogens is 180 g/mol. The Hall–Kier alpha value is -1.29. The number of ether oxygens (including phenoxy) is 1. The molecule has 1 aromatic rings. The van der Waals surface area contributed by atoms with Gasteiger partial charge in [0.1, 0.15) is 0 Å². The van der Waals surface area contributed by atoms with Crippen LogP contribution in [0.15, 0.2) is 18.5 Å². The highest BCUT2D eigenvalue weighted by molar-refractivity contribution is 5.81. The maximum Gasteiger partial charge on any atom is 0.313 e. The third kappa shape index (κ3) is 1.23. The number of hydrogen-bond donors (Lipinski definition) is 2. The summed E-state index contributed by atoms with van der Waals surface area (Å²) in [6.45, 7) is 0. The van der Waals surface area contributed by atoms with Crippen molar-refractivity contribution >= 4 is 5.97 Å². The predicted molar refractivity (Wildman–Crippen MR) is 51.4 cm³/mol. The summed E-state index contributed by atoms with van der Waals surface area (Å²) in [4.78, 5) is 14.5. The van der Waals surface area contributed by atoms with Crippen LogP contribution >= 0.6 is 0 Å². The van der Waals surface area contributed by atoms with E-state index in [2.05, 4.69) is 4.98 Å². The first kappa shape index (κ1) is 9.27. The lowest BCUT2D eigenvalue weighted by Gasteiger charge is -2.19. The van der Waals surface area contributed by atoms with Crippen LogP contribution in [0.5, 0.6) is 0 Å². The summed E-state index contributed by atoms with van der Waals surface area (Å²) in [6.07, 6.45) is 5.29. The molecular formula is C10H14N2O2. The Bertz CT molecular complexity index is 328. The smallest absolute Gasteiger partial charge is 0.313 e. The van der Waals surface area contributed by atoms with Crippen LogP contribution in [0.25, 0.3) is 0 Å². The Morgan fingerprint density at radius 3 is 2.86 bits per heavy atom. The number of carbonyl (C=O) groups excluding carboxylic acids is 1. The summed E-state index contributed by atoms with van der Waals surface area (Å²) in [6, 6.07) is 1.65. The number of hydrogen-bond acceptors (Lipinski definition) is 3. The summed E-state index contributed by atoms with van der Waals surface area (Å²) >= 11 is 0. The van der Waals surface area contributed by atoms with Crippen LogP contribution in [-0.2, 0) is 9.53 Å². The number of nitrogens with two attached hydrogens (primary N) is 1. The van der Waals surface area contributed by atoms with E-state index in [9.17, 15) is 4.79 Å². The fraction of sp³-hybridized carbons (Fsp3) is 0.500. The van der Waals surface area contributed by atoms with Crippen LogP contribution in [0, 0.1) is 5.41 Å². The normalized spacial score (nSPS) is 20.1. The topological polar surface area (TPSA) is 68.1 Å². The molecule has 0 radical (unpaired) electrons. The highest BCUT2D eigenvalue weighted by atomic mass is 16.5. The first-order valence-corrected chi connectivity index (χ1v) is 4.67. The quantitative estimate of drug-likeness (QED) is 0.704. The van der Waals surface area contributed by atoms with Gasteiger partial charge in [-0.15, -0.1) is 0 Å². The van der Waals surface area contributed by atoms with Crippen LogP contribution in [0.4, 0.5) is 0 Å². The minimum atomic E-state index is -0.461. The highest BCUT2D eigenvalue weighted by Gasteiger charge is 2.56. The Kier molecular flexibility index (Phi) is 2.07. The zero-order valence-corrected chi connectivity index (χ0v) is 8.12. The summed E-state index contributed by atoms with van der Waals surface area (Å²) in [7, 11) is 1.41. The highest BCUT2D eigenvalue weighted by Crippen LogP contribution is 2.54. The van der Waals surface area contributed by atoms with Crippen molar-refractivity contribution in [2.45, 2.75) is 18.9 Å². The Balaban J connectivity index is 2.19. The molecule has 0 aliphatic heterocycles. The van der Waals surface area contributed by atoms with E-state index in [1.165, 1.54) is 7.11 Å². The summed E-state index contributed by atoms with van der Waals surface area (Å²) < 4.78 is 4.77. The maximum absolute atomic E-state index is 11.5. The van der Waals surface area contributed by atoms with E-state index in [4.69, 9.17) is 10.5 Å². The molecule has 1 aliphatic carbocycles. The molecule has 0 aromatic carbocycles. The molecule has 1 aromatic heterocycles.